The Bertz CT molecular complexity index is 378. The molecule has 0 unspecified atom stereocenters. The SMILES string of the molecule is O=S(=O)(NCC1=CCNCC1)NCC(F)(F)F. The van der Waals surface area contributed by atoms with E-state index in [0.29, 0.717) is 13.0 Å². The number of alkyl halides is 3. The van der Waals surface area contributed by atoms with Gasteiger partial charge in [0, 0.05) is 13.1 Å². The Labute approximate surface area is 97.6 Å². The molecule has 100 valence electrons. The molecular formula is C8H14F3N3O2S. The van der Waals surface area contributed by atoms with Crippen molar-refractivity contribution in [1.29, 1.82) is 0 Å². The molecule has 1 rings (SSSR count). The third kappa shape index (κ3) is 6.61. The summed E-state index contributed by atoms with van der Waals surface area (Å²) in [5.74, 6) is 0. The van der Waals surface area contributed by atoms with Crippen LogP contribution in [-0.4, -0.2) is 40.8 Å². The van der Waals surface area contributed by atoms with E-state index in [-0.39, 0.29) is 6.54 Å². The molecule has 1 aliphatic rings. The van der Waals surface area contributed by atoms with Gasteiger partial charge in [-0.15, -0.1) is 0 Å². The van der Waals surface area contributed by atoms with Crippen LogP contribution in [0, 0.1) is 0 Å². The minimum Gasteiger partial charge on any atom is -0.313 e. The van der Waals surface area contributed by atoms with Crippen molar-refractivity contribution in [2.75, 3.05) is 26.2 Å². The molecule has 0 saturated heterocycles. The van der Waals surface area contributed by atoms with Crippen LogP contribution in [0.4, 0.5) is 13.2 Å². The first kappa shape index (κ1) is 14.4. The fourth-order valence-electron chi connectivity index (χ4n) is 1.25. The number of halogens is 3. The van der Waals surface area contributed by atoms with Gasteiger partial charge >= 0.3 is 6.18 Å². The van der Waals surface area contributed by atoms with Crippen LogP contribution in [0.2, 0.25) is 0 Å². The highest BCUT2D eigenvalue weighted by molar-refractivity contribution is 7.87. The Balaban J connectivity index is 2.36. The van der Waals surface area contributed by atoms with Gasteiger partial charge in [-0.05, 0) is 13.0 Å². The lowest BCUT2D eigenvalue weighted by atomic mass is 10.1. The third-order valence-electron chi connectivity index (χ3n) is 2.11. The molecule has 0 aromatic carbocycles. The van der Waals surface area contributed by atoms with Crippen molar-refractivity contribution >= 4 is 10.2 Å². The molecule has 0 saturated carbocycles. The monoisotopic (exact) mass is 273 g/mol. The summed E-state index contributed by atoms with van der Waals surface area (Å²) in [6.45, 7) is -0.144. The topological polar surface area (TPSA) is 70.2 Å². The molecule has 0 aliphatic carbocycles. The van der Waals surface area contributed by atoms with Crippen LogP contribution in [0.25, 0.3) is 0 Å². The maximum Gasteiger partial charge on any atom is 0.402 e. The molecule has 1 heterocycles. The minimum absolute atomic E-state index is 0.0366. The van der Waals surface area contributed by atoms with E-state index in [4.69, 9.17) is 0 Å². The maximum absolute atomic E-state index is 11.8. The van der Waals surface area contributed by atoms with Crippen molar-refractivity contribution in [3.8, 4) is 0 Å². The van der Waals surface area contributed by atoms with Gasteiger partial charge in [-0.3, -0.25) is 0 Å². The van der Waals surface area contributed by atoms with Gasteiger partial charge in [0.1, 0.15) is 6.54 Å². The molecule has 1 aliphatic heterocycles. The van der Waals surface area contributed by atoms with E-state index in [9.17, 15) is 21.6 Å². The molecule has 0 atom stereocenters. The van der Waals surface area contributed by atoms with E-state index in [0.717, 1.165) is 12.1 Å². The first-order chi connectivity index (χ1) is 7.79. The van der Waals surface area contributed by atoms with Gasteiger partial charge in [-0.1, -0.05) is 11.6 Å². The van der Waals surface area contributed by atoms with Gasteiger partial charge in [-0.2, -0.15) is 31.0 Å². The van der Waals surface area contributed by atoms with Crippen molar-refractivity contribution in [2.45, 2.75) is 12.6 Å². The zero-order valence-electron chi connectivity index (χ0n) is 8.97. The van der Waals surface area contributed by atoms with Gasteiger partial charge in [0.25, 0.3) is 10.2 Å². The maximum atomic E-state index is 11.8. The average Bonchev–Trinajstić information content (AvgIpc) is 2.25. The second-order valence-electron chi connectivity index (χ2n) is 3.58. The van der Waals surface area contributed by atoms with Crippen molar-refractivity contribution < 1.29 is 21.6 Å². The highest BCUT2D eigenvalue weighted by atomic mass is 32.2. The third-order valence-corrected chi connectivity index (χ3v) is 3.16. The van der Waals surface area contributed by atoms with Gasteiger partial charge in [0.15, 0.2) is 0 Å². The van der Waals surface area contributed by atoms with Gasteiger partial charge in [-0.25, -0.2) is 0 Å². The van der Waals surface area contributed by atoms with Gasteiger partial charge < -0.3 is 5.32 Å². The van der Waals surface area contributed by atoms with Gasteiger partial charge in [0.2, 0.25) is 0 Å². The van der Waals surface area contributed by atoms with E-state index in [2.05, 4.69) is 10.0 Å². The molecule has 0 amide bonds. The lowest BCUT2D eigenvalue weighted by molar-refractivity contribution is -0.121. The summed E-state index contributed by atoms with van der Waals surface area (Å²) in [5, 5.41) is 3.04. The number of hydrogen-bond donors (Lipinski definition) is 3. The number of rotatable bonds is 5. The predicted molar refractivity (Wildman–Crippen MR) is 56.5 cm³/mol. The molecule has 0 bridgehead atoms. The predicted octanol–water partition coefficient (Wildman–Crippen LogP) is -0.108. The fourth-order valence-corrected chi connectivity index (χ4v) is 2.08. The van der Waals surface area contributed by atoms with E-state index in [1.165, 1.54) is 4.72 Å². The summed E-state index contributed by atoms with van der Waals surface area (Å²) in [5.41, 5.74) is 0.862. The molecular weight excluding hydrogens is 259 g/mol. The summed E-state index contributed by atoms with van der Waals surface area (Å²) in [7, 11) is -4.10. The normalized spacial score (nSPS) is 17.9. The van der Waals surface area contributed by atoms with Crippen LogP contribution in [0.15, 0.2) is 11.6 Å². The zero-order chi connectivity index (χ0) is 12.9. The largest absolute Gasteiger partial charge is 0.402 e. The average molecular weight is 273 g/mol. The van der Waals surface area contributed by atoms with Crippen LogP contribution in [0.5, 0.6) is 0 Å². The van der Waals surface area contributed by atoms with Crippen LogP contribution < -0.4 is 14.8 Å². The zero-order valence-corrected chi connectivity index (χ0v) is 9.79. The molecule has 5 nitrogen and oxygen atoms in total. The van der Waals surface area contributed by atoms with E-state index in [1.54, 1.807) is 0 Å². The van der Waals surface area contributed by atoms with Crippen molar-refractivity contribution in [2.24, 2.45) is 0 Å². The molecule has 0 spiro atoms. The smallest absolute Gasteiger partial charge is 0.313 e. The summed E-state index contributed by atoms with van der Waals surface area (Å²) in [6.07, 6.45) is -2.06. The highest BCUT2D eigenvalue weighted by Gasteiger charge is 2.29. The summed E-state index contributed by atoms with van der Waals surface area (Å²) < 4.78 is 61.2. The number of nitrogens with one attached hydrogen (secondary N) is 3. The van der Waals surface area contributed by atoms with E-state index < -0.39 is 22.9 Å². The van der Waals surface area contributed by atoms with E-state index in [1.807, 2.05) is 6.08 Å². The fraction of sp³-hybridized carbons (Fsp3) is 0.750. The Morgan fingerprint density at radius 3 is 2.59 bits per heavy atom. The molecule has 0 aromatic heterocycles. The van der Waals surface area contributed by atoms with Gasteiger partial charge in [0.05, 0.1) is 0 Å². The Hall–Kier alpha value is -0.640. The molecule has 3 N–H and O–H groups in total. The Morgan fingerprint density at radius 2 is 2.06 bits per heavy atom. The molecule has 9 heteroatoms. The molecule has 17 heavy (non-hydrogen) atoms. The van der Waals surface area contributed by atoms with Crippen LogP contribution in [-0.2, 0) is 10.2 Å². The lowest BCUT2D eigenvalue weighted by Crippen LogP contribution is -2.42. The Morgan fingerprint density at radius 1 is 1.35 bits per heavy atom. The van der Waals surface area contributed by atoms with E-state index >= 15 is 0 Å². The quantitative estimate of drug-likeness (QED) is 0.612. The van der Waals surface area contributed by atoms with Crippen molar-refractivity contribution in [3.63, 3.8) is 0 Å². The highest BCUT2D eigenvalue weighted by Crippen LogP contribution is 2.12. The second-order valence-corrected chi connectivity index (χ2v) is 5.16. The lowest BCUT2D eigenvalue weighted by Gasteiger charge is -2.15. The second kappa shape index (κ2) is 5.80. The molecule has 0 fully saturated rings. The summed E-state index contributed by atoms with van der Waals surface area (Å²) in [6, 6.07) is 0. The molecule has 0 radical (unpaired) electrons. The van der Waals surface area contributed by atoms with Crippen molar-refractivity contribution in [3.05, 3.63) is 11.6 Å². The first-order valence-electron chi connectivity index (χ1n) is 4.98. The standard InChI is InChI=1S/C8H14F3N3O2S/c9-8(10,11)6-14-17(15,16)13-5-7-1-3-12-4-2-7/h1,12-14H,2-6H2. The van der Waals surface area contributed by atoms with Crippen molar-refractivity contribution in [1.82, 2.24) is 14.8 Å². The van der Waals surface area contributed by atoms with Crippen LogP contribution in [0.1, 0.15) is 6.42 Å². The summed E-state index contributed by atoms with van der Waals surface area (Å²) >= 11 is 0. The molecule has 0 aromatic rings. The number of hydrogen-bond acceptors (Lipinski definition) is 3. The van der Waals surface area contributed by atoms with Crippen LogP contribution in [0.3, 0.4) is 0 Å². The Kier molecular flexibility index (Phi) is 4.92. The first-order valence-corrected chi connectivity index (χ1v) is 6.46. The van der Waals surface area contributed by atoms with Crippen LogP contribution >= 0.6 is 0 Å². The summed E-state index contributed by atoms with van der Waals surface area (Å²) in [4.78, 5) is 0. The minimum atomic E-state index is -4.55.